The third-order valence-electron chi connectivity index (χ3n) is 6.84. The second-order valence-corrected chi connectivity index (χ2v) is 11.2. The second kappa shape index (κ2) is 14.0. The van der Waals surface area contributed by atoms with E-state index in [1.54, 1.807) is 18.2 Å². The van der Waals surface area contributed by atoms with E-state index in [1.807, 2.05) is 80.6 Å². The van der Waals surface area contributed by atoms with Crippen LogP contribution >= 0.6 is 39.1 Å². The molecular weight excluding hydrogens is 611 g/mol. The van der Waals surface area contributed by atoms with E-state index in [2.05, 4.69) is 21.2 Å². The maximum absolute atomic E-state index is 13.9. The monoisotopic (exact) mass is 640 g/mol. The smallest absolute Gasteiger partial charge is 0.261 e. The average molecular weight is 642 g/mol. The number of amides is 2. The van der Waals surface area contributed by atoms with Gasteiger partial charge in [0.1, 0.15) is 11.8 Å². The zero-order valence-electron chi connectivity index (χ0n) is 22.4. The van der Waals surface area contributed by atoms with Crippen LogP contribution in [-0.2, 0) is 22.6 Å². The van der Waals surface area contributed by atoms with Gasteiger partial charge in [0, 0.05) is 34.6 Å². The first-order valence-corrected chi connectivity index (χ1v) is 14.7. The van der Waals surface area contributed by atoms with Crippen molar-refractivity contribution in [2.24, 2.45) is 0 Å². The molecule has 0 fully saturated rings. The topological polar surface area (TPSA) is 58.6 Å². The first kappa shape index (κ1) is 29.9. The Bertz CT molecular complexity index is 1460. The summed E-state index contributed by atoms with van der Waals surface area (Å²) in [6, 6.07) is 25.6. The number of ether oxygens (including phenoxy) is 1. The molecule has 0 radical (unpaired) electrons. The fourth-order valence-corrected chi connectivity index (χ4v) is 5.52. The minimum atomic E-state index is -0.820. The van der Waals surface area contributed by atoms with E-state index < -0.39 is 6.04 Å². The summed E-state index contributed by atoms with van der Waals surface area (Å²) in [4.78, 5) is 29.1. The summed E-state index contributed by atoms with van der Waals surface area (Å²) in [7, 11) is 0. The zero-order chi connectivity index (χ0) is 28.6. The minimum Gasteiger partial charge on any atom is -0.483 e. The third kappa shape index (κ3) is 7.36. The lowest BCUT2D eigenvalue weighted by atomic mass is 10.0. The molecule has 40 heavy (non-hydrogen) atoms. The Morgan fingerprint density at radius 3 is 2.30 bits per heavy atom. The van der Waals surface area contributed by atoms with Gasteiger partial charge in [-0.15, -0.1) is 0 Å². The maximum Gasteiger partial charge on any atom is 0.261 e. The summed E-state index contributed by atoms with van der Waals surface area (Å²) < 4.78 is 6.79. The van der Waals surface area contributed by atoms with Crippen molar-refractivity contribution < 1.29 is 14.3 Å². The molecule has 0 aliphatic rings. The standard InChI is InChI=1S/C32H31BrCl2N2O3/c1-3-21(2)36-32(39)28(18-22-10-5-4-6-11-22)37(19-25-26(34)14-9-15-27(25)35)30(38)20-40-29-17-16-23-12-7-8-13-24(23)31(29)33/h4-17,21,28H,3,18-20H2,1-2H3,(H,36,39)/t21-,28+/m0/s1. The first-order chi connectivity index (χ1) is 19.3. The first-order valence-electron chi connectivity index (χ1n) is 13.1. The number of carbonyl (C=O) groups excluding carboxylic acids is 2. The van der Waals surface area contributed by atoms with Crippen LogP contribution in [0, 0.1) is 0 Å². The Kier molecular flexibility index (Phi) is 10.5. The minimum absolute atomic E-state index is 0.0466. The summed E-state index contributed by atoms with van der Waals surface area (Å²) in [6.45, 7) is 3.71. The number of hydrogen-bond acceptors (Lipinski definition) is 3. The predicted octanol–water partition coefficient (Wildman–Crippen LogP) is 7.84. The van der Waals surface area contributed by atoms with Crippen molar-refractivity contribution in [3.8, 4) is 5.75 Å². The van der Waals surface area contributed by atoms with E-state index >= 15 is 0 Å². The Hall–Kier alpha value is -3.06. The van der Waals surface area contributed by atoms with Gasteiger partial charge in [0.25, 0.3) is 5.91 Å². The van der Waals surface area contributed by atoms with Crippen LogP contribution < -0.4 is 10.1 Å². The Balaban J connectivity index is 1.68. The number of nitrogens with one attached hydrogen (secondary N) is 1. The van der Waals surface area contributed by atoms with Crippen LogP contribution in [0.3, 0.4) is 0 Å². The molecule has 0 unspecified atom stereocenters. The molecule has 2 atom stereocenters. The summed E-state index contributed by atoms with van der Waals surface area (Å²) in [5, 5.41) is 5.92. The molecule has 4 rings (SSSR count). The predicted molar refractivity (Wildman–Crippen MR) is 166 cm³/mol. The van der Waals surface area contributed by atoms with Crippen LogP contribution in [0.5, 0.6) is 5.75 Å². The van der Waals surface area contributed by atoms with E-state index in [-0.39, 0.29) is 31.0 Å². The quantitative estimate of drug-likeness (QED) is 0.181. The number of halogens is 3. The molecule has 0 aliphatic heterocycles. The van der Waals surface area contributed by atoms with Gasteiger partial charge in [-0.2, -0.15) is 0 Å². The summed E-state index contributed by atoms with van der Waals surface area (Å²) in [5.74, 6) is -0.0793. The molecule has 5 nitrogen and oxygen atoms in total. The zero-order valence-corrected chi connectivity index (χ0v) is 25.5. The van der Waals surface area contributed by atoms with E-state index in [9.17, 15) is 9.59 Å². The van der Waals surface area contributed by atoms with Crippen molar-refractivity contribution in [2.45, 2.75) is 45.3 Å². The van der Waals surface area contributed by atoms with Crippen LogP contribution in [0.1, 0.15) is 31.4 Å². The Morgan fingerprint density at radius 1 is 0.925 bits per heavy atom. The van der Waals surface area contributed by atoms with Gasteiger partial charge in [-0.05, 0) is 63.8 Å². The highest BCUT2D eigenvalue weighted by atomic mass is 79.9. The van der Waals surface area contributed by atoms with Gasteiger partial charge in [0.2, 0.25) is 5.91 Å². The third-order valence-corrected chi connectivity index (χ3v) is 8.37. The number of rotatable bonds is 11. The largest absolute Gasteiger partial charge is 0.483 e. The number of nitrogens with zero attached hydrogens (tertiary/aromatic N) is 1. The van der Waals surface area contributed by atoms with E-state index in [0.717, 1.165) is 27.2 Å². The highest BCUT2D eigenvalue weighted by molar-refractivity contribution is 9.10. The van der Waals surface area contributed by atoms with E-state index in [0.29, 0.717) is 27.8 Å². The molecule has 8 heteroatoms. The van der Waals surface area contributed by atoms with Crippen molar-refractivity contribution in [3.63, 3.8) is 0 Å². The highest BCUT2D eigenvalue weighted by Crippen LogP contribution is 2.33. The molecule has 4 aromatic rings. The maximum atomic E-state index is 13.9. The molecule has 4 aromatic carbocycles. The molecular formula is C32H31BrCl2N2O3. The molecule has 0 aromatic heterocycles. The number of hydrogen-bond donors (Lipinski definition) is 1. The molecule has 0 aliphatic carbocycles. The lowest BCUT2D eigenvalue weighted by Crippen LogP contribution is -2.53. The fraction of sp³-hybridized carbons (Fsp3) is 0.250. The van der Waals surface area contributed by atoms with E-state index in [1.165, 1.54) is 4.90 Å². The van der Waals surface area contributed by atoms with Gasteiger partial charge < -0.3 is 15.0 Å². The van der Waals surface area contributed by atoms with Crippen LogP contribution in [0.4, 0.5) is 0 Å². The van der Waals surface area contributed by atoms with Crippen LogP contribution in [-0.4, -0.2) is 35.4 Å². The molecule has 2 amide bonds. The highest BCUT2D eigenvalue weighted by Gasteiger charge is 2.32. The normalized spacial score (nSPS) is 12.5. The molecule has 0 bridgehead atoms. The lowest BCUT2D eigenvalue weighted by Gasteiger charge is -2.32. The van der Waals surface area contributed by atoms with Crippen molar-refractivity contribution in [1.29, 1.82) is 0 Å². The average Bonchev–Trinajstić information content (AvgIpc) is 2.96. The van der Waals surface area contributed by atoms with Gasteiger partial charge in [-0.25, -0.2) is 0 Å². The van der Waals surface area contributed by atoms with Crippen LogP contribution in [0.25, 0.3) is 10.8 Å². The number of fused-ring (bicyclic) bond motifs is 1. The Labute approximate surface area is 253 Å². The molecule has 1 N–H and O–H groups in total. The van der Waals surface area contributed by atoms with Gasteiger partial charge in [0.15, 0.2) is 6.61 Å². The molecule has 208 valence electrons. The van der Waals surface area contributed by atoms with Crippen molar-refractivity contribution in [1.82, 2.24) is 10.2 Å². The summed E-state index contributed by atoms with van der Waals surface area (Å²) in [6.07, 6.45) is 1.07. The lowest BCUT2D eigenvalue weighted by molar-refractivity contribution is -0.143. The van der Waals surface area contributed by atoms with Crippen molar-refractivity contribution in [2.75, 3.05) is 6.61 Å². The SMILES string of the molecule is CC[C@H](C)NC(=O)[C@@H](Cc1ccccc1)N(Cc1c(Cl)cccc1Cl)C(=O)COc1ccc2ccccc2c1Br. The Morgan fingerprint density at radius 2 is 1.60 bits per heavy atom. The van der Waals surface area contributed by atoms with Gasteiger partial charge in [-0.1, -0.05) is 96.9 Å². The van der Waals surface area contributed by atoms with Gasteiger partial charge in [0.05, 0.1) is 4.47 Å². The number of benzene rings is 4. The van der Waals surface area contributed by atoms with Gasteiger partial charge in [-0.3, -0.25) is 9.59 Å². The number of carbonyl (C=O) groups is 2. The molecule has 0 spiro atoms. The summed E-state index contributed by atoms with van der Waals surface area (Å²) in [5.41, 5.74) is 1.49. The summed E-state index contributed by atoms with van der Waals surface area (Å²) >= 11 is 16.7. The van der Waals surface area contributed by atoms with Gasteiger partial charge >= 0.3 is 0 Å². The fourth-order valence-electron chi connectivity index (χ4n) is 4.40. The van der Waals surface area contributed by atoms with Crippen molar-refractivity contribution >= 4 is 61.7 Å². The molecule has 0 saturated heterocycles. The molecule has 0 heterocycles. The van der Waals surface area contributed by atoms with Crippen LogP contribution in [0.2, 0.25) is 10.0 Å². The van der Waals surface area contributed by atoms with Crippen molar-refractivity contribution in [3.05, 3.63) is 111 Å². The second-order valence-electron chi connectivity index (χ2n) is 9.63. The molecule has 0 saturated carbocycles. The van der Waals surface area contributed by atoms with Crippen LogP contribution in [0.15, 0.2) is 89.4 Å². The van der Waals surface area contributed by atoms with E-state index in [4.69, 9.17) is 27.9 Å².